The molecule has 1 rings (SSSR count). The molecule has 0 bridgehead atoms. The maximum absolute atomic E-state index is 4.33. The number of aryl methyl sites for hydroxylation is 1. The summed E-state index contributed by atoms with van der Waals surface area (Å²) in [6.45, 7) is 11.1. The van der Waals surface area contributed by atoms with E-state index in [1.165, 1.54) is 5.56 Å². The number of hydrogen-bond donors (Lipinski definition) is 0. The fraction of sp³-hybridized carbons (Fsp3) is 0.583. The average molecular weight is 177 g/mol. The minimum absolute atomic E-state index is 0.223. The molecule has 1 heterocycles. The number of pyridine rings is 1. The predicted molar refractivity (Wildman–Crippen MR) is 56.8 cm³/mol. The third-order valence-corrected chi connectivity index (χ3v) is 3.10. The van der Waals surface area contributed by atoms with Gasteiger partial charge in [0.15, 0.2) is 0 Å². The topological polar surface area (TPSA) is 12.9 Å². The van der Waals surface area contributed by atoms with Crippen LogP contribution in [-0.4, -0.2) is 4.98 Å². The lowest BCUT2D eigenvalue weighted by atomic mass is 9.76. The Balaban J connectivity index is 3.01. The van der Waals surface area contributed by atoms with E-state index >= 15 is 0 Å². The molecule has 0 aliphatic carbocycles. The summed E-state index contributed by atoms with van der Waals surface area (Å²) in [7, 11) is 0. The second-order valence-electron chi connectivity index (χ2n) is 4.56. The lowest BCUT2D eigenvalue weighted by Gasteiger charge is -2.29. The van der Waals surface area contributed by atoms with E-state index in [1.54, 1.807) is 0 Å². The van der Waals surface area contributed by atoms with Crippen LogP contribution in [0.3, 0.4) is 0 Å². The molecule has 0 aromatic carbocycles. The summed E-state index contributed by atoms with van der Waals surface area (Å²) >= 11 is 0. The molecule has 0 spiro atoms. The molecule has 1 aromatic rings. The normalized spacial score (nSPS) is 12.2. The van der Waals surface area contributed by atoms with Crippen LogP contribution in [0.25, 0.3) is 0 Å². The van der Waals surface area contributed by atoms with Gasteiger partial charge >= 0.3 is 0 Å². The van der Waals surface area contributed by atoms with Gasteiger partial charge in [0.05, 0.1) is 0 Å². The van der Waals surface area contributed by atoms with E-state index in [9.17, 15) is 0 Å². The molecule has 0 radical (unpaired) electrons. The molecular formula is C12H19N. The number of nitrogens with zero attached hydrogens (tertiary/aromatic N) is 1. The quantitative estimate of drug-likeness (QED) is 0.675. The van der Waals surface area contributed by atoms with Gasteiger partial charge in [-0.3, -0.25) is 4.98 Å². The van der Waals surface area contributed by atoms with Gasteiger partial charge in [-0.25, -0.2) is 0 Å². The molecule has 0 saturated carbocycles. The van der Waals surface area contributed by atoms with Crippen LogP contribution in [0.2, 0.25) is 0 Å². The minimum Gasteiger partial charge on any atom is -0.261 e. The van der Waals surface area contributed by atoms with Crippen molar-refractivity contribution in [3.8, 4) is 0 Å². The van der Waals surface area contributed by atoms with E-state index in [0.717, 1.165) is 5.69 Å². The lowest BCUT2D eigenvalue weighted by molar-refractivity contribution is 0.371. The Labute approximate surface area is 81.2 Å². The molecule has 0 N–H and O–H groups in total. The molecule has 1 heteroatoms. The Hall–Kier alpha value is -0.850. The summed E-state index contributed by atoms with van der Waals surface area (Å²) in [5, 5.41) is 0. The zero-order valence-corrected chi connectivity index (χ0v) is 9.26. The van der Waals surface area contributed by atoms with Crippen molar-refractivity contribution in [3.63, 3.8) is 0 Å². The Morgan fingerprint density at radius 2 is 1.85 bits per heavy atom. The summed E-state index contributed by atoms with van der Waals surface area (Å²) in [6, 6.07) is 4.27. The largest absolute Gasteiger partial charge is 0.261 e. The molecule has 13 heavy (non-hydrogen) atoms. The summed E-state index contributed by atoms with van der Waals surface area (Å²) in [5.74, 6) is 0.636. The summed E-state index contributed by atoms with van der Waals surface area (Å²) in [5.41, 5.74) is 2.64. The number of aromatic nitrogens is 1. The molecule has 1 aromatic heterocycles. The SMILES string of the molecule is Cc1ccc(C(C)(C)C(C)C)cn1. The highest BCUT2D eigenvalue weighted by molar-refractivity contribution is 5.22. The molecule has 72 valence electrons. The first-order chi connectivity index (χ1) is 5.94. The molecule has 0 saturated heterocycles. The van der Waals surface area contributed by atoms with E-state index in [1.807, 2.05) is 13.1 Å². The van der Waals surface area contributed by atoms with Gasteiger partial charge in [-0.05, 0) is 29.9 Å². The van der Waals surface area contributed by atoms with E-state index in [2.05, 4.69) is 44.8 Å². The van der Waals surface area contributed by atoms with Gasteiger partial charge in [0.1, 0.15) is 0 Å². The highest BCUT2D eigenvalue weighted by Gasteiger charge is 2.24. The van der Waals surface area contributed by atoms with Gasteiger partial charge in [-0.15, -0.1) is 0 Å². The van der Waals surface area contributed by atoms with Gasteiger partial charge in [-0.2, -0.15) is 0 Å². The Morgan fingerprint density at radius 1 is 1.23 bits per heavy atom. The number of rotatable bonds is 2. The van der Waals surface area contributed by atoms with Crippen LogP contribution in [0.1, 0.15) is 39.0 Å². The summed E-state index contributed by atoms with van der Waals surface area (Å²) in [6.07, 6.45) is 2.00. The number of hydrogen-bond acceptors (Lipinski definition) is 1. The second kappa shape index (κ2) is 3.49. The van der Waals surface area contributed by atoms with Crippen molar-refractivity contribution in [3.05, 3.63) is 29.6 Å². The molecule has 0 aliphatic heterocycles. The van der Waals surface area contributed by atoms with Crippen molar-refractivity contribution in [1.82, 2.24) is 4.98 Å². The smallest absolute Gasteiger partial charge is 0.0372 e. The maximum atomic E-state index is 4.33. The fourth-order valence-electron chi connectivity index (χ4n) is 1.18. The highest BCUT2D eigenvalue weighted by Crippen LogP contribution is 2.30. The molecule has 0 fully saturated rings. The Bertz CT molecular complexity index is 270. The highest BCUT2D eigenvalue weighted by atomic mass is 14.7. The molecular weight excluding hydrogens is 158 g/mol. The molecule has 0 atom stereocenters. The van der Waals surface area contributed by atoms with E-state index in [0.29, 0.717) is 5.92 Å². The van der Waals surface area contributed by atoms with E-state index < -0.39 is 0 Å². The van der Waals surface area contributed by atoms with Gasteiger partial charge in [0.25, 0.3) is 0 Å². The molecule has 0 aliphatic rings. The Morgan fingerprint density at radius 3 is 2.23 bits per heavy atom. The van der Waals surface area contributed by atoms with Crippen molar-refractivity contribution >= 4 is 0 Å². The second-order valence-corrected chi connectivity index (χ2v) is 4.56. The summed E-state index contributed by atoms with van der Waals surface area (Å²) in [4.78, 5) is 4.33. The lowest BCUT2D eigenvalue weighted by Crippen LogP contribution is -2.24. The maximum Gasteiger partial charge on any atom is 0.0372 e. The van der Waals surface area contributed by atoms with Crippen LogP contribution in [0.4, 0.5) is 0 Å². The van der Waals surface area contributed by atoms with Crippen molar-refractivity contribution < 1.29 is 0 Å². The van der Waals surface area contributed by atoms with Gasteiger partial charge < -0.3 is 0 Å². The monoisotopic (exact) mass is 177 g/mol. The van der Waals surface area contributed by atoms with Crippen molar-refractivity contribution in [1.29, 1.82) is 0 Å². The Kier molecular flexibility index (Phi) is 2.74. The van der Waals surface area contributed by atoms with Crippen LogP contribution in [0.5, 0.6) is 0 Å². The fourth-order valence-corrected chi connectivity index (χ4v) is 1.18. The van der Waals surface area contributed by atoms with Crippen LogP contribution in [0, 0.1) is 12.8 Å². The summed E-state index contributed by atoms with van der Waals surface area (Å²) < 4.78 is 0. The third-order valence-electron chi connectivity index (χ3n) is 3.10. The minimum atomic E-state index is 0.223. The van der Waals surface area contributed by atoms with Gasteiger partial charge in [-0.1, -0.05) is 33.8 Å². The van der Waals surface area contributed by atoms with Gasteiger partial charge in [0.2, 0.25) is 0 Å². The zero-order valence-electron chi connectivity index (χ0n) is 9.26. The first-order valence-electron chi connectivity index (χ1n) is 4.87. The standard InChI is InChI=1S/C12H19N/c1-9(2)12(4,5)11-7-6-10(3)13-8-11/h6-9H,1-5H3. The molecule has 0 unspecified atom stereocenters. The molecule has 1 nitrogen and oxygen atoms in total. The van der Waals surface area contributed by atoms with Crippen molar-refractivity contribution in [2.24, 2.45) is 5.92 Å². The predicted octanol–water partition coefficient (Wildman–Crippen LogP) is 3.32. The van der Waals surface area contributed by atoms with Gasteiger partial charge in [0, 0.05) is 11.9 Å². The van der Waals surface area contributed by atoms with E-state index in [4.69, 9.17) is 0 Å². The van der Waals surface area contributed by atoms with Crippen LogP contribution in [0.15, 0.2) is 18.3 Å². The van der Waals surface area contributed by atoms with Crippen LogP contribution < -0.4 is 0 Å². The average Bonchev–Trinajstić information content (AvgIpc) is 2.04. The van der Waals surface area contributed by atoms with E-state index in [-0.39, 0.29) is 5.41 Å². The van der Waals surface area contributed by atoms with Crippen LogP contribution >= 0.6 is 0 Å². The van der Waals surface area contributed by atoms with Crippen molar-refractivity contribution in [2.75, 3.05) is 0 Å². The third kappa shape index (κ3) is 2.09. The van der Waals surface area contributed by atoms with Crippen molar-refractivity contribution in [2.45, 2.75) is 40.0 Å². The molecule has 0 amide bonds. The first-order valence-corrected chi connectivity index (χ1v) is 4.87. The van der Waals surface area contributed by atoms with Crippen LogP contribution in [-0.2, 0) is 5.41 Å². The zero-order chi connectivity index (χ0) is 10.1. The first kappa shape index (κ1) is 10.2.